The standard InChI is InChI=1S/C14H21N3O2/c1-9(2)12(15)14(19)17(3)8-10-4-6-11(7-5-10)13(16)18/h4-7,9,12H,8,15H2,1-3H3,(H2,16,18)/t12-/m0/s1. The van der Waals surface area contributed by atoms with E-state index in [0.29, 0.717) is 12.1 Å². The number of hydrogen-bond donors (Lipinski definition) is 2. The summed E-state index contributed by atoms with van der Waals surface area (Å²) in [6, 6.07) is 6.38. The minimum atomic E-state index is -0.491. The van der Waals surface area contributed by atoms with E-state index < -0.39 is 11.9 Å². The second-order valence-corrected chi connectivity index (χ2v) is 5.03. The van der Waals surface area contributed by atoms with Crippen molar-refractivity contribution in [3.8, 4) is 0 Å². The van der Waals surface area contributed by atoms with Gasteiger partial charge in [-0.25, -0.2) is 0 Å². The van der Waals surface area contributed by atoms with Crippen LogP contribution in [0.1, 0.15) is 29.8 Å². The molecule has 0 heterocycles. The monoisotopic (exact) mass is 263 g/mol. The lowest BCUT2D eigenvalue weighted by Gasteiger charge is -2.23. The minimum absolute atomic E-state index is 0.0889. The summed E-state index contributed by atoms with van der Waals surface area (Å²) in [4.78, 5) is 24.5. The molecule has 5 nitrogen and oxygen atoms in total. The molecular formula is C14H21N3O2. The predicted molar refractivity (Wildman–Crippen MR) is 74.2 cm³/mol. The van der Waals surface area contributed by atoms with E-state index in [1.165, 1.54) is 0 Å². The van der Waals surface area contributed by atoms with E-state index in [1.54, 1.807) is 36.2 Å². The summed E-state index contributed by atoms with van der Waals surface area (Å²) in [5.74, 6) is -0.445. The van der Waals surface area contributed by atoms with Gasteiger partial charge in [0.25, 0.3) is 0 Å². The summed E-state index contributed by atoms with van der Waals surface area (Å²) >= 11 is 0. The number of likely N-dealkylation sites (N-methyl/N-ethyl adjacent to an activating group) is 1. The van der Waals surface area contributed by atoms with Gasteiger partial charge in [-0.05, 0) is 23.6 Å². The normalized spacial score (nSPS) is 12.3. The molecule has 0 aromatic heterocycles. The van der Waals surface area contributed by atoms with Gasteiger partial charge in [0.15, 0.2) is 0 Å². The Bertz CT molecular complexity index is 454. The topological polar surface area (TPSA) is 89.4 Å². The van der Waals surface area contributed by atoms with Crippen LogP contribution in [0.25, 0.3) is 0 Å². The van der Waals surface area contributed by atoms with Crippen molar-refractivity contribution in [2.24, 2.45) is 17.4 Å². The van der Waals surface area contributed by atoms with Gasteiger partial charge in [0.2, 0.25) is 11.8 Å². The number of nitrogens with two attached hydrogens (primary N) is 2. The molecule has 5 heteroatoms. The van der Waals surface area contributed by atoms with Crippen LogP contribution in [-0.4, -0.2) is 29.8 Å². The third kappa shape index (κ3) is 4.06. The zero-order chi connectivity index (χ0) is 14.6. The Labute approximate surface area is 113 Å². The van der Waals surface area contributed by atoms with Crippen LogP contribution < -0.4 is 11.5 Å². The molecule has 1 aromatic rings. The maximum Gasteiger partial charge on any atom is 0.248 e. The molecule has 0 unspecified atom stereocenters. The summed E-state index contributed by atoms with van der Waals surface area (Å²) in [6.45, 7) is 4.29. The first kappa shape index (κ1) is 15.2. The Morgan fingerprint density at radius 3 is 2.16 bits per heavy atom. The molecule has 0 bridgehead atoms. The lowest BCUT2D eigenvalue weighted by atomic mass is 10.0. The highest BCUT2D eigenvalue weighted by atomic mass is 16.2. The van der Waals surface area contributed by atoms with Crippen LogP contribution in [0, 0.1) is 5.92 Å². The van der Waals surface area contributed by atoms with Crippen LogP contribution in [0.15, 0.2) is 24.3 Å². The second kappa shape index (κ2) is 6.33. The van der Waals surface area contributed by atoms with Gasteiger partial charge in [0.1, 0.15) is 0 Å². The lowest BCUT2D eigenvalue weighted by Crippen LogP contribution is -2.44. The maximum atomic E-state index is 12.0. The van der Waals surface area contributed by atoms with Crippen molar-refractivity contribution in [3.63, 3.8) is 0 Å². The highest BCUT2D eigenvalue weighted by Gasteiger charge is 2.20. The fraction of sp³-hybridized carbons (Fsp3) is 0.429. The van der Waals surface area contributed by atoms with E-state index in [-0.39, 0.29) is 11.8 Å². The van der Waals surface area contributed by atoms with E-state index in [1.807, 2.05) is 13.8 Å². The van der Waals surface area contributed by atoms with E-state index in [4.69, 9.17) is 11.5 Å². The molecule has 1 atom stereocenters. The average molecular weight is 263 g/mol. The van der Waals surface area contributed by atoms with Crippen molar-refractivity contribution < 1.29 is 9.59 Å². The zero-order valence-corrected chi connectivity index (χ0v) is 11.6. The molecule has 0 aliphatic carbocycles. The quantitative estimate of drug-likeness (QED) is 0.820. The molecule has 0 saturated carbocycles. The van der Waals surface area contributed by atoms with Gasteiger partial charge in [-0.2, -0.15) is 0 Å². The predicted octanol–water partition coefficient (Wildman–Crippen LogP) is 0.727. The first-order valence-corrected chi connectivity index (χ1v) is 6.22. The third-order valence-electron chi connectivity index (χ3n) is 3.04. The van der Waals surface area contributed by atoms with Gasteiger partial charge in [-0.3, -0.25) is 9.59 Å². The van der Waals surface area contributed by atoms with Gasteiger partial charge in [0, 0.05) is 19.2 Å². The van der Waals surface area contributed by atoms with Gasteiger partial charge in [-0.1, -0.05) is 26.0 Å². The summed E-state index contributed by atoms with van der Waals surface area (Å²) in [5.41, 5.74) is 12.4. The molecular weight excluding hydrogens is 242 g/mol. The van der Waals surface area contributed by atoms with Crippen molar-refractivity contribution in [3.05, 3.63) is 35.4 Å². The summed E-state index contributed by atoms with van der Waals surface area (Å²) in [5, 5.41) is 0. The fourth-order valence-corrected chi connectivity index (χ4v) is 1.67. The lowest BCUT2D eigenvalue weighted by molar-refractivity contribution is -0.132. The Hall–Kier alpha value is -1.88. The molecule has 1 rings (SSSR count). The van der Waals surface area contributed by atoms with Crippen LogP contribution in [-0.2, 0) is 11.3 Å². The fourth-order valence-electron chi connectivity index (χ4n) is 1.67. The first-order chi connectivity index (χ1) is 8.82. The zero-order valence-electron chi connectivity index (χ0n) is 11.6. The molecule has 1 aromatic carbocycles. The second-order valence-electron chi connectivity index (χ2n) is 5.03. The van der Waals surface area contributed by atoms with Crippen molar-refractivity contribution in [1.82, 2.24) is 4.90 Å². The van der Waals surface area contributed by atoms with Crippen LogP contribution in [0.2, 0.25) is 0 Å². The van der Waals surface area contributed by atoms with Crippen LogP contribution in [0.4, 0.5) is 0 Å². The Balaban J connectivity index is 2.69. The summed E-state index contributed by atoms with van der Waals surface area (Å²) in [6.07, 6.45) is 0. The number of rotatable bonds is 5. The van der Waals surface area contributed by atoms with Crippen LogP contribution in [0.5, 0.6) is 0 Å². The third-order valence-corrected chi connectivity index (χ3v) is 3.04. The molecule has 19 heavy (non-hydrogen) atoms. The molecule has 0 aliphatic rings. The van der Waals surface area contributed by atoms with E-state index in [0.717, 1.165) is 5.56 Å². The van der Waals surface area contributed by atoms with Crippen molar-refractivity contribution >= 4 is 11.8 Å². The van der Waals surface area contributed by atoms with E-state index >= 15 is 0 Å². The molecule has 0 fully saturated rings. The number of carbonyl (C=O) groups is 2. The number of amides is 2. The van der Waals surface area contributed by atoms with E-state index in [9.17, 15) is 9.59 Å². The average Bonchev–Trinajstić information content (AvgIpc) is 2.37. The molecule has 2 amide bonds. The minimum Gasteiger partial charge on any atom is -0.366 e. The molecule has 104 valence electrons. The van der Waals surface area contributed by atoms with Gasteiger partial charge < -0.3 is 16.4 Å². The number of benzene rings is 1. The smallest absolute Gasteiger partial charge is 0.248 e. The number of carbonyl (C=O) groups excluding carboxylic acids is 2. The first-order valence-electron chi connectivity index (χ1n) is 6.22. The Kier molecular flexibility index (Phi) is 5.06. The molecule has 0 spiro atoms. The van der Waals surface area contributed by atoms with Gasteiger partial charge >= 0.3 is 0 Å². The molecule has 0 radical (unpaired) electrons. The molecule has 0 saturated heterocycles. The number of nitrogens with zero attached hydrogens (tertiary/aromatic N) is 1. The van der Waals surface area contributed by atoms with Crippen LogP contribution in [0.3, 0.4) is 0 Å². The van der Waals surface area contributed by atoms with Crippen molar-refractivity contribution in [1.29, 1.82) is 0 Å². The highest BCUT2D eigenvalue weighted by molar-refractivity contribution is 5.92. The highest BCUT2D eigenvalue weighted by Crippen LogP contribution is 2.09. The Morgan fingerprint density at radius 2 is 1.74 bits per heavy atom. The van der Waals surface area contributed by atoms with Gasteiger partial charge in [-0.15, -0.1) is 0 Å². The van der Waals surface area contributed by atoms with E-state index in [2.05, 4.69) is 0 Å². The number of primary amides is 1. The largest absolute Gasteiger partial charge is 0.366 e. The van der Waals surface area contributed by atoms with Crippen molar-refractivity contribution in [2.45, 2.75) is 26.4 Å². The number of hydrogen-bond acceptors (Lipinski definition) is 3. The molecule has 4 N–H and O–H groups in total. The summed E-state index contributed by atoms with van der Waals surface area (Å²) < 4.78 is 0. The maximum absolute atomic E-state index is 12.0. The summed E-state index contributed by atoms with van der Waals surface area (Å²) in [7, 11) is 1.71. The van der Waals surface area contributed by atoms with Crippen LogP contribution >= 0.6 is 0 Å². The Morgan fingerprint density at radius 1 is 1.21 bits per heavy atom. The SMILES string of the molecule is CC(C)[C@H](N)C(=O)N(C)Cc1ccc(C(N)=O)cc1. The molecule has 0 aliphatic heterocycles. The van der Waals surface area contributed by atoms with Gasteiger partial charge in [0.05, 0.1) is 6.04 Å². The van der Waals surface area contributed by atoms with Crippen molar-refractivity contribution in [2.75, 3.05) is 7.05 Å².